The zero-order chi connectivity index (χ0) is 8.20. The number of nitrogens with two attached hydrogens (primary N) is 1. The predicted octanol–water partition coefficient (Wildman–Crippen LogP) is 0.121. The summed E-state index contributed by atoms with van der Waals surface area (Å²) < 4.78 is 5.17. The van der Waals surface area contributed by atoms with Gasteiger partial charge in [0.05, 0.1) is 11.7 Å². The molecule has 0 aliphatic rings. The van der Waals surface area contributed by atoms with Crippen LogP contribution in [0.15, 0.2) is 0 Å². The maximum atomic E-state index is 9.47. The summed E-state index contributed by atoms with van der Waals surface area (Å²) in [4.78, 5) is 0. The van der Waals surface area contributed by atoms with Crippen molar-refractivity contribution in [1.29, 1.82) is 0 Å². The summed E-state index contributed by atoms with van der Waals surface area (Å²) >= 11 is 0. The summed E-state index contributed by atoms with van der Waals surface area (Å²) in [5, 5.41) is 9.47. The van der Waals surface area contributed by atoms with Crippen LogP contribution in [0.25, 0.3) is 0 Å². The van der Waals surface area contributed by atoms with Gasteiger partial charge in [0.15, 0.2) is 0 Å². The van der Waals surface area contributed by atoms with Gasteiger partial charge in [-0.3, -0.25) is 0 Å². The molecular weight excluding hydrogens is 130 g/mol. The lowest BCUT2D eigenvalue weighted by Gasteiger charge is -2.28. The molecule has 0 saturated heterocycles. The van der Waals surface area contributed by atoms with Crippen LogP contribution in [0.3, 0.4) is 0 Å². The van der Waals surface area contributed by atoms with Gasteiger partial charge in [0.2, 0.25) is 0 Å². The van der Waals surface area contributed by atoms with E-state index < -0.39 is 5.60 Å². The molecule has 3 N–H and O–H groups in total. The molecule has 3 heteroatoms. The van der Waals surface area contributed by atoms with Crippen molar-refractivity contribution in [1.82, 2.24) is 0 Å². The first-order valence-electron chi connectivity index (χ1n) is 3.58. The van der Waals surface area contributed by atoms with Gasteiger partial charge in [0, 0.05) is 13.2 Å². The van der Waals surface area contributed by atoms with Gasteiger partial charge >= 0.3 is 0 Å². The van der Waals surface area contributed by atoms with Gasteiger partial charge in [-0.25, -0.2) is 0 Å². The lowest BCUT2D eigenvalue weighted by molar-refractivity contribution is -0.0803. The highest BCUT2D eigenvalue weighted by Crippen LogP contribution is 2.10. The van der Waals surface area contributed by atoms with Gasteiger partial charge in [-0.05, 0) is 20.8 Å². The first-order valence-corrected chi connectivity index (χ1v) is 3.58. The maximum Gasteiger partial charge on any atom is 0.0998 e. The predicted molar refractivity (Wildman–Crippen MR) is 40.8 cm³/mol. The highest BCUT2D eigenvalue weighted by Gasteiger charge is 2.26. The van der Waals surface area contributed by atoms with Gasteiger partial charge in [0.1, 0.15) is 0 Å². The number of hydrogen-bond acceptors (Lipinski definition) is 3. The van der Waals surface area contributed by atoms with E-state index in [-0.39, 0.29) is 12.6 Å². The Balaban J connectivity index is 3.78. The third-order valence-corrected chi connectivity index (χ3v) is 1.71. The van der Waals surface area contributed by atoms with E-state index in [9.17, 15) is 5.11 Å². The number of ether oxygens (including phenoxy) is 1. The minimum absolute atomic E-state index is 0.192. The van der Waals surface area contributed by atoms with Crippen molar-refractivity contribution in [2.24, 2.45) is 5.73 Å². The molecule has 10 heavy (non-hydrogen) atoms. The second kappa shape index (κ2) is 3.91. The summed E-state index contributed by atoms with van der Waals surface area (Å²) in [6.45, 7) is 6.22. The molecule has 0 bridgehead atoms. The monoisotopic (exact) mass is 147 g/mol. The van der Waals surface area contributed by atoms with Gasteiger partial charge in [-0.15, -0.1) is 0 Å². The molecule has 0 aromatic heterocycles. The highest BCUT2D eigenvalue weighted by molar-refractivity contribution is 4.80. The zero-order valence-electron chi connectivity index (χ0n) is 6.92. The van der Waals surface area contributed by atoms with Crippen molar-refractivity contribution >= 4 is 0 Å². The van der Waals surface area contributed by atoms with Crippen LogP contribution in [0.1, 0.15) is 20.8 Å². The van der Waals surface area contributed by atoms with Crippen molar-refractivity contribution in [3.05, 3.63) is 0 Å². The molecule has 2 unspecified atom stereocenters. The molecule has 0 aliphatic carbocycles. The van der Waals surface area contributed by atoms with Crippen LogP contribution >= 0.6 is 0 Å². The molecule has 0 aromatic carbocycles. The number of hydrogen-bond donors (Lipinski definition) is 2. The van der Waals surface area contributed by atoms with E-state index in [0.29, 0.717) is 6.61 Å². The molecule has 0 fully saturated rings. The van der Waals surface area contributed by atoms with Crippen LogP contribution in [0.4, 0.5) is 0 Å². The molecule has 0 rings (SSSR count). The van der Waals surface area contributed by atoms with Crippen LogP contribution in [0.5, 0.6) is 0 Å². The topological polar surface area (TPSA) is 55.5 Å². The second-order valence-corrected chi connectivity index (χ2v) is 2.66. The molecule has 0 heterocycles. The fraction of sp³-hybridized carbons (Fsp3) is 1.00. The van der Waals surface area contributed by atoms with E-state index in [2.05, 4.69) is 0 Å². The lowest BCUT2D eigenvalue weighted by atomic mass is 10.0. The largest absolute Gasteiger partial charge is 0.386 e. The Morgan fingerprint density at radius 2 is 2.20 bits per heavy atom. The third kappa shape index (κ3) is 2.64. The minimum Gasteiger partial charge on any atom is -0.386 e. The lowest BCUT2D eigenvalue weighted by Crippen LogP contribution is -2.45. The summed E-state index contributed by atoms with van der Waals surface area (Å²) in [5.41, 5.74) is 4.41. The van der Waals surface area contributed by atoms with E-state index in [1.165, 1.54) is 0 Å². The van der Waals surface area contributed by atoms with Crippen LogP contribution in [0.2, 0.25) is 0 Å². The van der Waals surface area contributed by atoms with Crippen molar-refractivity contribution in [2.45, 2.75) is 32.5 Å². The molecular formula is C7H17NO2. The Morgan fingerprint density at radius 1 is 1.70 bits per heavy atom. The minimum atomic E-state index is -0.893. The Kier molecular flexibility index (Phi) is 3.86. The van der Waals surface area contributed by atoms with E-state index >= 15 is 0 Å². The van der Waals surface area contributed by atoms with E-state index in [0.717, 1.165) is 0 Å². The van der Waals surface area contributed by atoms with Crippen molar-refractivity contribution in [3.63, 3.8) is 0 Å². The Morgan fingerprint density at radius 3 is 2.50 bits per heavy atom. The van der Waals surface area contributed by atoms with Gasteiger partial charge in [-0.1, -0.05) is 0 Å². The number of aliphatic hydroxyl groups is 1. The average molecular weight is 147 g/mol. The summed E-state index contributed by atoms with van der Waals surface area (Å²) in [5.74, 6) is 0. The molecule has 62 valence electrons. The average Bonchev–Trinajstić information content (AvgIpc) is 1.89. The molecule has 0 spiro atoms. The van der Waals surface area contributed by atoms with Crippen LogP contribution in [-0.2, 0) is 4.74 Å². The zero-order valence-corrected chi connectivity index (χ0v) is 6.92. The second-order valence-electron chi connectivity index (χ2n) is 2.66. The quantitative estimate of drug-likeness (QED) is 0.594. The van der Waals surface area contributed by atoms with Gasteiger partial charge < -0.3 is 15.6 Å². The van der Waals surface area contributed by atoms with Crippen LogP contribution in [-0.4, -0.2) is 30.0 Å². The first kappa shape index (κ1) is 9.88. The fourth-order valence-corrected chi connectivity index (χ4v) is 0.595. The van der Waals surface area contributed by atoms with E-state index in [1.54, 1.807) is 6.92 Å². The van der Waals surface area contributed by atoms with Gasteiger partial charge in [0.25, 0.3) is 0 Å². The SMILES string of the molecule is CCOC(C)C(C)(O)CN. The normalized spacial score (nSPS) is 20.1. The van der Waals surface area contributed by atoms with Crippen molar-refractivity contribution in [3.8, 4) is 0 Å². The molecule has 0 aromatic rings. The highest BCUT2D eigenvalue weighted by atomic mass is 16.5. The van der Waals surface area contributed by atoms with Crippen molar-refractivity contribution < 1.29 is 9.84 Å². The Labute approximate surface area is 62.2 Å². The fourth-order valence-electron chi connectivity index (χ4n) is 0.595. The molecule has 0 saturated carbocycles. The maximum absolute atomic E-state index is 9.47. The summed E-state index contributed by atoms with van der Waals surface area (Å²) in [6, 6.07) is 0. The first-order chi connectivity index (χ1) is 4.54. The van der Waals surface area contributed by atoms with Crippen molar-refractivity contribution in [2.75, 3.05) is 13.2 Å². The number of rotatable bonds is 4. The molecule has 0 radical (unpaired) electrons. The summed E-state index contributed by atoms with van der Waals surface area (Å²) in [6.07, 6.45) is -0.192. The Bertz CT molecular complexity index is 93.6. The van der Waals surface area contributed by atoms with Crippen LogP contribution in [0, 0.1) is 0 Å². The molecule has 3 nitrogen and oxygen atoms in total. The standard InChI is InChI=1S/C7H17NO2/c1-4-10-6(2)7(3,9)5-8/h6,9H,4-5,8H2,1-3H3. The van der Waals surface area contributed by atoms with Gasteiger partial charge in [-0.2, -0.15) is 0 Å². The van der Waals surface area contributed by atoms with E-state index in [4.69, 9.17) is 10.5 Å². The molecule has 0 aliphatic heterocycles. The Hall–Kier alpha value is -0.120. The van der Waals surface area contributed by atoms with E-state index in [1.807, 2.05) is 13.8 Å². The summed E-state index contributed by atoms with van der Waals surface area (Å²) in [7, 11) is 0. The third-order valence-electron chi connectivity index (χ3n) is 1.71. The van der Waals surface area contributed by atoms with Crippen LogP contribution < -0.4 is 5.73 Å². The molecule has 2 atom stereocenters. The smallest absolute Gasteiger partial charge is 0.0998 e. The molecule has 0 amide bonds.